The molecule has 228 valence electrons. The minimum absolute atomic E-state index is 0.00584. The van der Waals surface area contributed by atoms with Gasteiger partial charge in [-0.1, -0.05) is 0 Å². The van der Waals surface area contributed by atoms with Crippen molar-refractivity contribution in [3.63, 3.8) is 0 Å². The Morgan fingerprint density at radius 2 is 1.59 bits per heavy atom. The predicted octanol–water partition coefficient (Wildman–Crippen LogP) is 3.63. The van der Waals surface area contributed by atoms with Gasteiger partial charge in [0.15, 0.2) is 28.1 Å². The number of non-ortho nitro benzene ring substituents is 1. The molecule has 3 aromatic rings. The molecule has 4 atom stereocenters. The maximum Gasteiger partial charge on any atom is 0.310 e. The molecule has 0 bridgehead atoms. The molecule has 3 aliphatic rings. The lowest BCUT2D eigenvalue weighted by atomic mass is 9.65. The van der Waals surface area contributed by atoms with Crippen LogP contribution >= 0.6 is 12.2 Å². The lowest BCUT2D eigenvalue weighted by Gasteiger charge is -2.40. The largest absolute Gasteiger partial charge is 0.493 e. The van der Waals surface area contributed by atoms with E-state index >= 15 is 0 Å². The van der Waals surface area contributed by atoms with E-state index < -0.39 is 34.6 Å². The van der Waals surface area contributed by atoms with Gasteiger partial charge in [-0.25, -0.2) is 0 Å². The highest BCUT2D eigenvalue weighted by molar-refractivity contribution is 7.80. The second kappa shape index (κ2) is 11.5. The summed E-state index contributed by atoms with van der Waals surface area (Å²) in [6.45, 7) is 0.151. The van der Waals surface area contributed by atoms with Gasteiger partial charge in [0.2, 0.25) is 12.5 Å². The SMILES string of the molecule is COc1cc([C@@H]2c3cc4c(cc3[C@@H](NC(=S)NC(=O)c3ccc([N+](=O)[O-])cc3)[C@H]3COC(=O)[C@H]23)OCO4)cc(OC)c1OC. The van der Waals surface area contributed by atoms with Gasteiger partial charge in [-0.3, -0.25) is 25.0 Å². The van der Waals surface area contributed by atoms with Crippen LogP contribution in [0.1, 0.15) is 39.0 Å². The monoisotopic (exact) mass is 621 g/mol. The first kappa shape index (κ1) is 29.0. The second-order valence-electron chi connectivity index (χ2n) is 10.3. The van der Waals surface area contributed by atoms with Crippen molar-refractivity contribution >= 4 is 34.9 Å². The van der Waals surface area contributed by atoms with Crippen LogP contribution in [0.5, 0.6) is 28.7 Å². The average Bonchev–Trinajstić information content (AvgIpc) is 3.65. The summed E-state index contributed by atoms with van der Waals surface area (Å²) >= 11 is 5.53. The van der Waals surface area contributed by atoms with Gasteiger partial charge in [-0.15, -0.1) is 0 Å². The third-order valence-corrected chi connectivity index (χ3v) is 8.31. The van der Waals surface area contributed by atoms with Crippen LogP contribution < -0.4 is 34.3 Å². The number of methoxy groups -OCH3 is 3. The van der Waals surface area contributed by atoms with Gasteiger partial charge < -0.3 is 33.7 Å². The molecule has 2 N–H and O–H groups in total. The Balaban J connectivity index is 1.39. The van der Waals surface area contributed by atoms with Crippen molar-refractivity contribution in [2.45, 2.75) is 12.0 Å². The zero-order valence-corrected chi connectivity index (χ0v) is 24.6. The lowest BCUT2D eigenvalue weighted by molar-refractivity contribution is -0.384. The number of rotatable bonds is 7. The number of carbonyl (C=O) groups excluding carboxylic acids is 2. The summed E-state index contributed by atoms with van der Waals surface area (Å²) in [7, 11) is 4.56. The Morgan fingerprint density at radius 3 is 2.18 bits per heavy atom. The van der Waals surface area contributed by atoms with Crippen molar-refractivity contribution < 1.29 is 42.9 Å². The predicted molar refractivity (Wildman–Crippen MR) is 157 cm³/mol. The topological polar surface area (TPSA) is 157 Å². The molecule has 0 aromatic heterocycles. The van der Waals surface area contributed by atoms with E-state index in [2.05, 4.69) is 10.6 Å². The van der Waals surface area contributed by atoms with E-state index in [0.29, 0.717) is 28.7 Å². The fourth-order valence-corrected chi connectivity index (χ4v) is 6.34. The number of benzene rings is 3. The number of ether oxygens (including phenoxy) is 6. The minimum Gasteiger partial charge on any atom is -0.493 e. The molecule has 2 heterocycles. The van der Waals surface area contributed by atoms with E-state index in [1.54, 1.807) is 0 Å². The summed E-state index contributed by atoms with van der Waals surface area (Å²) in [5.74, 6) is -0.124. The molecule has 1 aliphatic carbocycles. The number of esters is 1. The van der Waals surface area contributed by atoms with E-state index in [0.717, 1.165) is 16.7 Å². The number of thiocarbonyl (C=S) groups is 1. The van der Waals surface area contributed by atoms with Crippen molar-refractivity contribution in [3.8, 4) is 28.7 Å². The van der Waals surface area contributed by atoms with Crippen LogP contribution in [-0.4, -0.2) is 56.6 Å². The van der Waals surface area contributed by atoms with Gasteiger partial charge in [0.1, 0.15) is 0 Å². The quantitative estimate of drug-likeness (QED) is 0.171. The Kier molecular flexibility index (Phi) is 7.59. The van der Waals surface area contributed by atoms with Crippen LogP contribution in [0.3, 0.4) is 0 Å². The molecule has 0 saturated carbocycles. The van der Waals surface area contributed by atoms with Crippen LogP contribution in [0.25, 0.3) is 0 Å². The molecule has 3 aromatic carbocycles. The fraction of sp³-hybridized carbons (Fsp3) is 0.300. The van der Waals surface area contributed by atoms with Gasteiger partial charge in [0.05, 0.1) is 44.8 Å². The zero-order valence-electron chi connectivity index (χ0n) is 23.8. The fourth-order valence-electron chi connectivity index (χ4n) is 6.12. The van der Waals surface area contributed by atoms with Crippen LogP contribution in [0, 0.1) is 22.0 Å². The van der Waals surface area contributed by atoms with E-state index in [1.165, 1.54) is 45.6 Å². The lowest BCUT2D eigenvalue weighted by Crippen LogP contribution is -2.47. The van der Waals surface area contributed by atoms with Crippen molar-refractivity contribution in [1.82, 2.24) is 10.6 Å². The minimum atomic E-state index is -0.642. The molecule has 44 heavy (non-hydrogen) atoms. The highest BCUT2D eigenvalue weighted by Crippen LogP contribution is 2.55. The summed E-state index contributed by atoms with van der Waals surface area (Å²) in [4.78, 5) is 36.7. The molecule has 2 aliphatic heterocycles. The van der Waals surface area contributed by atoms with Gasteiger partial charge in [-0.2, -0.15) is 0 Å². The zero-order chi connectivity index (χ0) is 31.1. The average molecular weight is 622 g/mol. The smallest absolute Gasteiger partial charge is 0.310 e. The normalized spacial score (nSPS) is 20.9. The summed E-state index contributed by atoms with van der Waals surface area (Å²) in [6, 6.07) is 11.9. The molecule has 0 unspecified atom stereocenters. The van der Waals surface area contributed by atoms with Gasteiger partial charge in [0, 0.05) is 29.5 Å². The van der Waals surface area contributed by atoms with Crippen LogP contribution in [0.4, 0.5) is 5.69 Å². The molecule has 0 spiro atoms. The number of fused-ring (bicyclic) bond motifs is 3. The van der Waals surface area contributed by atoms with Crippen molar-refractivity contribution in [3.05, 3.63) is 80.9 Å². The summed E-state index contributed by atoms with van der Waals surface area (Å²) < 4.78 is 33.7. The number of cyclic esters (lactones) is 1. The Bertz CT molecular complexity index is 1650. The molecule has 6 rings (SSSR count). The number of nitrogens with zero attached hydrogens (tertiary/aromatic N) is 1. The summed E-state index contributed by atoms with van der Waals surface area (Å²) in [6.07, 6.45) is 0. The molecule has 14 heteroatoms. The Hall–Kier alpha value is -5.11. The van der Waals surface area contributed by atoms with Crippen molar-refractivity contribution in [1.29, 1.82) is 0 Å². The number of amides is 1. The standard InChI is InChI=1S/C30H27N3O10S/c1-38-22-8-15(9-23(39-2)27(22)40-3)24-17-10-20-21(43-13-42-20)11-18(17)26(19-12-41-29(35)25(19)24)31-30(44)32-28(34)14-4-6-16(7-5-14)33(36)37/h4-11,19,24-26H,12-13H2,1-3H3,(H2,31,32,34,44)/t19-,24+,25-,26+/m0/s1. The van der Waals surface area contributed by atoms with E-state index in [9.17, 15) is 19.7 Å². The third-order valence-electron chi connectivity index (χ3n) is 8.09. The Labute approximate surface area is 256 Å². The van der Waals surface area contributed by atoms with Crippen LogP contribution in [0.15, 0.2) is 48.5 Å². The molecule has 1 fully saturated rings. The number of carbonyl (C=O) groups is 2. The third kappa shape index (κ3) is 4.96. The molecule has 1 saturated heterocycles. The number of nitrogens with one attached hydrogen (secondary N) is 2. The molecular weight excluding hydrogens is 594 g/mol. The molecule has 1 amide bonds. The summed E-state index contributed by atoms with van der Waals surface area (Å²) in [5, 5.41) is 16.8. The van der Waals surface area contributed by atoms with Crippen molar-refractivity contribution in [2.75, 3.05) is 34.7 Å². The van der Waals surface area contributed by atoms with Crippen molar-refractivity contribution in [2.24, 2.45) is 11.8 Å². The van der Waals surface area contributed by atoms with E-state index in [4.69, 9.17) is 40.6 Å². The summed E-state index contributed by atoms with van der Waals surface area (Å²) in [5.41, 5.74) is 2.33. The number of hydrogen-bond donors (Lipinski definition) is 2. The van der Waals surface area contributed by atoms with E-state index in [-0.39, 0.29) is 35.7 Å². The first-order chi connectivity index (χ1) is 21.2. The first-order valence-corrected chi connectivity index (χ1v) is 13.9. The van der Waals surface area contributed by atoms with Gasteiger partial charge in [0.25, 0.3) is 11.6 Å². The maximum absolute atomic E-state index is 13.4. The second-order valence-corrected chi connectivity index (χ2v) is 10.7. The number of nitro benzene ring substituents is 1. The van der Waals surface area contributed by atoms with E-state index in [1.807, 2.05) is 24.3 Å². The molecular formula is C30H27N3O10S. The maximum atomic E-state index is 13.4. The van der Waals surface area contributed by atoms with Gasteiger partial charge >= 0.3 is 5.97 Å². The first-order valence-electron chi connectivity index (χ1n) is 13.5. The molecule has 13 nitrogen and oxygen atoms in total. The van der Waals surface area contributed by atoms with Crippen LogP contribution in [0.2, 0.25) is 0 Å². The number of nitro groups is 1. The highest BCUT2D eigenvalue weighted by Gasteiger charge is 2.53. The highest BCUT2D eigenvalue weighted by atomic mass is 32.1. The Morgan fingerprint density at radius 1 is 0.955 bits per heavy atom. The number of hydrogen-bond acceptors (Lipinski definition) is 11. The van der Waals surface area contributed by atoms with Gasteiger partial charge in [-0.05, 0) is 65.3 Å². The molecule has 0 radical (unpaired) electrons. The van der Waals surface area contributed by atoms with Crippen LogP contribution in [-0.2, 0) is 9.53 Å².